The second-order valence-corrected chi connectivity index (χ2v) is 6.61. The van der Waals surface area contributed by atoms with Crippen LogP contribution in [0.5, 0.6) is 0 Å². The van der Waals surface area contributed by atoms with E-state index in [9.17, 15) is 13.2 Å². The zero-order valence-electron chi connectivity index (χ0n) is 10.7. The Morgan fingerprint density at radius 2 is 2.22 bits per heavy atom. The van der Waals surface area contributed by atoms with Gasteiger partial charge in [-0.05, 0) is 25.2 Å². The number of esters is 1. The van der Waals surface area contributed by atoms with Gasteiger partial charge in [0, 0.05) is 19.7 Å². The number of aliphatic hydroxyl groups is 1. The average Bonchev–Trinajstić information content (AvgIpc) is 2.37. The van der Waals surface area contributed by atoms with Crippen molar-refractivity contribution in [3.05, 3.63) is 0 Å². The van der Waals surface area contributed by atoms with Gasteiger partial charge in [-0.15, -0.1) is 0 Å². The van der Waals surface area contributed by atoms with E-state index in [-0.39, 0.29) is 24.7 Å². The molecule has 0 amide bonds. The number of ether oxygens (including phenoxy) is 1. The predicted octanol–water partition coefficient (Wildman–Crippen LogP) is -0.0263. The van der Waals surface area contributed by atoms with Gasteiger partial charge in [0.25, 0.3) is 0 Å². The molecular weight excluding hydrogens is 258 g/mol. The van der Waals surface area contributed by atoms with Crippen LogP contribution in [-0.4, -0.2) is 56.4 Å². The second-order valence-electron chi connectivity index (χ2n) is 4.52. The number of hydrogen-bond acceptors (Lipinski definition) is 5. The molecule has 6 nitrogen and oxygen atoms in total. The summed E-state index contributed by atoms with van der Waals surface area (Å²) < 4.78 is 29.9. The number of nitrogens with zero attached hydrogens (tertiary/aromatic N) is 1. The number of sulfonamides is 1. The normalized spacial score (nSPS) is 21.8. The van der Waals surface area contributed by atoms with E-state index in [1.165, 1.54) is 11.4 Å². The van der Waals surface area contributed by atoms with Gasteiger partial charge in [0.05, 0.1) is 19.3 Å². The molecule has 1 rings (SSSR count). The van der Waals surface area contributed by atoms with Gasteiger partial charge >= 0.3 is 5.97 Å². The summed E-state index contributed by atoms with van der Waals surface area (Å²) in [5.74, 6) is -0.495. The third kappa shape index (κ3) is 4.55. The lowest BCUT2D eigenvalue weighted by Gasteiger charge is -2.31. The first kappa shape index (κ1) is 15.4. The maximum atomic E-state index is 12.0. The third-order valence-electron chi connectivity index (χ3n) is 3.20. The highest BCUT2D eigenvalue weighted by molar-refractivity contribution is 7.89. The number of carbonyl (C=O) groups is 1. The number of rotatable bonds is 6. The fourth-order valence-electron chi connectivity index (χ4n) is 2.14. The molecular formula is C11H21NO5S. The first-order chi connectivity index (χ1) is 8.49. The van der Waals surface area contributed by atoms with Crippen molar-refractivity contribution >= 4 is 16.0 Å². The van der Waals surface area contributed by atoms with Crippen molar-refractivity contribution in [1.29, 1.82) is 0 Å². The topological polar surface area (TPSA) is 83.9 Å². The van der Waals surface area contributed by atoms with Crippen LogP contribution in [0.3, 0.4) is 0 Å². The van der Waals surface area contributed by atoms with Crippen LogP contribution in [0.25, 0.3) is 0 Å². The minimum atomic E-state index is -3.39. The summed E-state index contributed by atoms with van der Waals surface area (Å²) in [4.78, 5) is 11.0. The Morgan fingerprint density at radius 1 is 1.50 bits per heavy atom. The van der Waals surface area contributed by atoms with E-state index >= 15 is 0 Å². The number of hydrogen-bond donors (Lipinski definition) is 1. The molecule has 0 aromatic heterocycles. The van der Waals surface area contributed by atoms with E-state index in [4.69, 9.17) is 5.11 Å². The Morgan fingerprint density at radius 3 is 2.83 bits per heavy atom. The summed E-state index contributed by atoms with van der Waals surface area (Å²) in [5.41, 5.74) is 0. The van der Waals surface area contributed by atoms with Crippen LogP contribution in [0.1, 0.15) is 25.7 Å². The second kappa shape index (κ2) is 7.06. The fourth-order valence-corrected chi connectivity index (χ4v) is 3.67. The smallest absolute Gasteiger partial charge is 0.306 e. The average molecular weight is 279 g/mol. The van der Waals surface area contributed by atoms with E-state index in [0.717, 1.165) is 12.8 Å². The lowest BCUT2D eigenvalue weighted by Crippen LogP contribution is -2.41. The molecule has 0 aromatic rings. The summed E-state index contributed by atoms with van der Waals surface area (Å²) in [6, 6.07) is 0. The molecule has 1 N–H and O–H groups in total. The lowest BCUT2D eigenvalue weighted by molar-refractivity contribution is -0.140. The maximum Gasteiger partial charge on any atom is 0.306 e. The summed E-state index contributed by atoms with van der Waals surface area (Å²) in [6.07, 6.45) is 2.27. The molecule has 18 heavy (non-hydrogen) atoms. The van der Waals surface area contributed by atoms with Gasteiger partial charge in [0.15, 0.2) is 0 Å². The monoisotopic (exact) mass is 279 g/mol. The number of piperidine rings is 1. The van der Waals surface area contributed by atoms with Crippen LogP contribution in [0.2, 0.25) is 0 Å². The van der Waals surface area contributed by atoms with Crippen molar-refractivity contribution in [2.24, 2.45) is 5.92 Å². The van der Waals surface area contributed by atoms with Crippen LogP contribution in [0, 0.1) is 5.92 Å². The quantitative estimate of drug-likeness (QED) is 0.690. The standard InChI is InChI=1S/C11H21NO5S/c1-17-11(14)5-8-18(15,16)12-6-2-3-10(9-12)4-7-13/h10,13H,2-9H2,1H3. The zero-order chi connectivity index (χ0) is 13.6. The number of methoxy groups -OCH3 is 1. The van der Waals surface area contributed by atoms with Gasteiger partial charge in [0.1, 0.15) is 0 Å². The van der Waals surface area contributed by atoms with Crippen LogP contribution in [-0.2, 0) is 19.6 Å². The molecule has 1 atom stereocenters. The Kier molecular flexibility index (Phi) is 6.04. The molecule has 1 heterocycles. The molecule has 106 valence electrons. The minimum Gasteiger partial charge on any atom is -0.469 e. The van der Waals surface area contributed by atoms with Crippen molar-refractivity contribution in [3.63, 3.8) is 0 Å². The highest BCUT2D eigenvalue weighted by Crippen LogP contribution is 2.22. The molecule has 0 radical (unpaired) electrons. The van der Waals surface area contributed by atoms with Crippen LogP contribution >= 0.6 is 0 Å². The minimum absolute atomic E-state index is 0.0840. The van der Waals surface area contributed by atoms with Gasteiger partial charge in [0.2, 0.25) is 10.0 Å². The zero-order valence-corrected chi connectivity index (χ0v) is 11.5. The lowest BCUT2D eigenvalue weighted by atomic mass is 9.97. The number of aliphatic hydroxyl groups excluding tert-OH is 1. The van der Waals surface area contributed by atoms with Gasteiger partial charge in [-0.25, -0.2) is 12.7 Å². The van der Waals surface area contributed by atoms with E-state index in [0.29, 0.717) is 19.5 Å². The summed E-state index contributed by atoms with van der Waals surface area (Å²) in [7, 11) is -2.15. The van der Waals surface area contributed by atoms with Crippen molar-refractivity contribution < 1.29 is 23.1 Å². The Balaban J connectivity index is 2.53. The highest BCUT2D eigenvalue weighted by Gasteiger charge is 2.28. The SMILES string of the molecule is COC(=O)CCS(=O)(=O)N1CCCC(CCO)C1. The Bertz CT molecular complexity index is 366. The van der Waals surface area contributed by atoms with E-state index in [1.54, 1.807) is 0 Å². The van der Waals surface area contributed by atoms with Crippen molar-refractivity contribution in [3.8, 4) is 0 Å². The molecule has 1 saturated heterocycles. The van der Waals surface area contributed by atoms with Gasteiger partial charge < -0.3 is 9.84 Å². The predicted molar refractivity (Wildman–Crippen MR) is 66.4 cm³/mol. The fraction of sp³-hybridized carbons (Fsp3) is 0.909. The molecule has 1 aliphatic heterocycles. The molecule has 0 saturated carbocycles. The molecule has 1 fully saturated rings. The molecule has 0 aromatic carbocycles. The van der Waals surface area contributed by atoms with Gasteiger partial charge in [-0.2, -0.15) is 0 Å². The van der Waals surface area contributed by atoms with Gasteiger partial charge in [-0.1, -0.05) is 0 Å². The Labute approximate surface area is 108 Å². The largest absolute Gasteiger partial charge is 0.469 e. The van der Waals surface area contributed by atoms with Crippen molar-refractivity contribution in [2.75, 3.05) is 32.6 Å². The first-order valence-electron chi connectivity index (χ1n) is 6.15. The summed E-state index contributed by atoms with van der Waals surface area (Å²) >= 11 is 0. The van der Waals surface area contributed by atoms with Crippen molar-refractivity contribution in [1.82, 2.24) is 4.31 Å². The summed E-state index contributed by atoms with van der Waals surface area (Å²) in [6.45, 7) is 1.04. The molecule has 0 aliphatic carbocycles. The van der Waals surface area contributed by atoms with E-state index < -0.39 is 16.0 Å². The molecule has 7 heteroatoms. The Hall–Kier alpha value is -0.660. The van der Waals surface area contributed by atoms with Gasteiger partial charge in [-0.3, -0.25) is 4.79 Å². The molecule has 0 bridgehead atoms. The molecule has 1 unspecified atom stereocenters. The van der Waals surface area contributed by atoms with E-state index in [1.807, 2.05) is 0 Å². The maximum absolute atomic E-state index is 12.0. The van der Waals surface area contributed by atoms with Crippen LogP contribution in [0.15, 0.2) is 0 Å². The van der Waals surface area contributed by atoms with E-state index in [2.05, 4.69) is 4.74 Å². The third-order valence-corrected chi connectivity index (χ3v) is 5.04. The summed E-state index contributed by atoms with van der Waals surface area (Å²) in [5, 5.41) is 8.89. The molecule has 0 spiro atoms. The number of carbonyl (C=O) groups excluding carboxylic acids is 1. The van der Waals surface area contributed by atoms with Crippen LogP contribution in [0.4, 0.5) is 0 Å². The highest BCUT2D eigenvalue weighted by atomic mass is 32.2. The van der Waals surface area contributed by atoms with Crippen molar-refractivity contribution in [2.45, 2.75) is 25.7 Å². The first-order valence-corrected chi connectivity index (χ1v) is 7.76. The molecule has 1 aliphatic rings. The van der Waals surface area contributed by atoms with Crippen LogP contribution < -0.4 is 0 Å².